The van der Waals surface area contributed by atoms with E-state index in [2.05, 4.69) is 27.8 Å². The standard InChI is InChI=1S/C14H15BrO2/c1-4-17-14(16)7-5-6-13-10(2)8-12(15)9-11(13)3/h8-9H,4,7H2,1-3H3. The van der Waals surface area contributed by atoms with Crippen LogP contribution in [0.4, 0.5) is 0 Å². The number of benzene rings is 1. The third-order valence-electron chi connectivity index (χ3n) is 2.25. The van der Waals surface area contributed by atoms with Gasteiger partial charge in [0.1, 0.15) is 6.42 Å². The van der Waals surface area contributed by atoms with Crippen LogP contribution in [0.3, 0.4) is 0 Å². The molecule has 0 aliphatic heterocycles. The number of hydrogen-bond acceptors (Lipinski definition) is 2. The number of halogens is 1. The molecule has 0 saturated carbocycles. The lowest BCUT2D eigenvalue weighted by molar-refractivity contribution is -0.141. The van der Waals surface area contributed by atoms with Crippen molar-refractivity contribution in [3.63, 3.8) is 0 Å². The van der Waals surface area contributed by atoms with E-state index in [1.54, 1.807) is 6.92 Å². The Hall–Kier alpha value is -1.27. The predicted octanol–water partition coefficient (Wildman–Crippen LogP) is 3.37. The summed E-state index contributed by atoms with van der Waals surface area (Å²) in [6, 6.07) is 4.03. The lowest BCUT2D eigenvalue weighted by Crippen LogP contribution is -2.01. The van der Waals surface area contributed by atoms with Crippen molar-refractivity contribution in [2.75, 3.05) is 6.61 Å². The Kier molecular flexibility index (Phi) is 5.24. The van der Waals surface area contributed by atoms with Gasteiger partial charge in [0, 0.05) is 10.0 Å². The van der Waals surface area contributed by atoms with Crippen molar-refractivity contribution in [3.8, 4) is 11.8 Å². The number of carbonyl (C=O) groups is 1. The molecule has 0 amide bonds. The molecule has 1 aromatic rings. The van der Waals surface area contributed by atoms with Gasteiger partial charge in [-0.15, -0.1) is 0 Å². The molecule has 17 heavy (non-hydrogen) atoms. The van der Waals surface area contributed by atoms with Gasteiger partial charge in [-0.2, -0.15) is 0 Å². The zero-order chi connectivity index (χ0) is 12.8. The topological polar surface area (TPSA) is 26.3 Å². The first-order valence-electron chi connectivity index (χ1n) is 5.45. The molecular weight excluding hydrogens is 280 g/mol. The molecule has 0 aliphatic carbocycles. The number of hydrogen-bond donors (Lipinski definition) is 0. The molecule has 0 spiro atoms. The van der Waals surface area contributed by atoms with Crippen molar-refractivity contribution in [3.05, 3.63) is 33.3 Å². The van der Waals surface area contributed by atoms with Crippen LogP contribution in [-0.2, 0) is 9.53 Å². The monoisotopic (exact) mass is 294 g/mol. The summed E-state index contributed by atoms with van der Waals surface area (Å²) in [6.45, 7) is 6.20. The summed E-state index contributed by atoms with van der Waals surface area (Å²) in [6.07, 6.45) is 0.142. The van der Waals surface area contributed by atoms with Crippen LogP contribution in [0, 0.1) is 25.7 Å². The highest BCUT2D eigenvalue weighted by molar-refractivity contribution is 9.10. The van der Waals surface area contributed by atoms with Crippen molar-refractivity contribution in [2.24, 2.45) is 0 Å². The van der Waals surface area contributed by atoms with Gasteiger partial charge in [-0.1, -0.05) is 27.8 Å². The highest BCUT2D eigenvalue weighted by Gasteiger charge is 2.01. The molecule has 0 heterocycles. The maximum absolute atomic E-state index is 11.1. The van der Waals surface area contributed by atoms with E-state index in [1.165, 1.54) is 0 Å². The van der Waals surface area contributed by atoms with Crippen LogP contribution in [0.2, 0.25) is 0 Å². The summed E-state index contributed by atoms with van der Waals surface area (Å²) in [5.74, 6) is 5.60. The minimum atomic E-state index is -0.271. The molecular formula is C14H15BrO2. The van der Waals surface area contributed by atoms with Gasteiger partial charge in [0.15, 0.2) is 0 Å². The molecule has 1 rings (SSSR count). The van der Waals surface area contributed by atoms with Crippen molar-refractivity contribution in [2.45, 2.75) is 27.2 Å². The molecule has 0 radical (unpaired) electrons. The van der Waals surface area contributed by atoms with E-state index in [4.69, 9.17) is 4.74 Å². The Morgan fingerprint density at radius 1 is 1.35 bits per heavy atom. The van der Waals surface area contributed by atoms with Gasteiger partial charge in [-0.3, -0.25) is 4.79 Å². The van der Waals surface area contributed by atoms with Gasteiger partial charge in [-0.25, -0.2) is 0 Å². The van der Waals surface area contributed by atoms with Crippen LogP contribution in [0.1, 0.15) is 30.0 Å². The molecule has 0 saturated heterocycles. The maximum Gasteiger partial charge on any atom is 0.317 e. The molecule has 0 bridgehead atoms. The summed E-state index contributed by atoms with van der Waals surface area (Å²) in [5, 5.41) is 0. The Bertz CT molecular complexity index is 458. The fourth-order valence-electron chi connectivity index (χ4n) is 1.52. The minimum absolute atomic E-state index is 0.142. The van der Waals surface area contributed by atoms with E-state index in [9.17, 15) is 4.79 Å². The molecule has 0 aliphatic rings. The summed E-state index contributed by atoms with van der Waals surface area (Å²) in [5.41, 5.74) is 3.19. The van der Waals surface area contributed by atoms with E-state index in [1.807, 2.05) is 26.0 Å². The first-order valence-corrected chi connectivity index (χ1v) is 6.25. The third-order valence-corrected chi connectivity index (χ3v) is 2.71. The highest BCUT2D eigenvalue weighted by Crippen LogP contribution is 2.19. The number of ether oxygens (including phenoxy) is 1. The van der Waals surface area contributed by atoms with Gasteiger partial charge in [0.2, 0.25) is 0 Å². The summed E-state index contributed by atoms with van der Waals surface area (Å²) < 4.78 is 5.86. The molecule has 0 atom stereocenters. The van der Waals surface area contributed by atoms with Gasteiger partial charge >= 0.3 is 5.97 Å². The number of carbonyl (C=O) groups excluding carboxylic acids is 1. The Balaban J connectivity index is 2.82. The highest BCUT2D eigenvalue weighted by atomic mass is 79.9. The van der Waals surface area contributed by atoms with E-state index in [0.29, 0.717) is 6.61 Å². The minimum Gasteiger partial charge on any atom is -0.465 e. The van der Waals surface area contributed by atoms with Crippen molar-refractivity contribution < 1.29 is 9.53 Å². The maximum atomic E-state index is 11.1. The van der Waals surface area contributed by atoms with Crippen LogP contribution in [0.25, 0.3) is 0 Å². The van der Waals surface area contributed by atoms with Crippen LogP contribution in [0.15, 0.2) is 16.6 Å². The molecule has 1 aromatic carbocycles. The van der Waals surface area contributed by atoms with E-state index in [0.717, 1.165) is 21.2 Å². The fourth-order valence-corrected chi connectivity index (χ4v) is 2.21. The summed E-state index contributed by atoms with van der Waals surface area (Å²) in [4.78, 5) is 11.1. The van der Waals surface area contributed by atoms with Crippen molar-refractivity contribution in [1.29, 1.82) is 0 Å². The number of esters is 1. The van der Waals surface area contributed by atoms with E-state index >= 15 is 0 Å². The molecule has 0 unspecified atom stereocenters. The van der Waals surface area contributed by atoms with Gasteiger partial charge < -0.3 is 4.74 Å². The van der Waals surface area contributed by atoms with Crippen LogP contribution >= 0.6 is 15.9 Å². The van der Waals surface area contributed by atoms with Crippen LogP contribution in [-0.4, -0.2) is 12.6 Å². The number of rotatable bonds is 2. The Labute approximate surface area is 110 Å². The molecule has 0 aromatic heterocycles. The Morgan fingerprint density at radius 3 is 2.47 bits per heavy atom. The molecule has 90 valence electrons. The first-order chi connectivity index (χ1) is 8.04. The Morgan fingerprint density at radius 2 is 1.94 bits per heavy atom. The lowest BCUT2D eigenvalue weighted by Gasteiger charge is -2.03. The fraction of sp³-hybridized carbons (Fsp3) is 0.357. The molecule has 0 fully saturated rings. The SMILES string of the molecule is CCOC(=O)CC#Cc1c(C)cc(Br)cc1C. The van der Waals surface area contributed by atoms with Gasteiger partial charge in [-0.05, 0) is 44.0 Å². The number of aryl methyl sites for hydroxylation is 2. The normalized spacial score (nSPS) is 9.41. The van der Waals surface area contributed by atoms with Gasteiger partial charge in [0.05, 0.1) is 6.61 Å². The summed E-state index contributed by atoms with van der Waals surface area (Å²) in [7, 11) is 0. The second-order valence-electron chi connectivity index (χ2n) is 3.70. The first kappa shape index (κ1) is 13.8. The average Bonchev–Trinajstić information content (AvgIpc) is 2.22. The van der Waals surface area contributed by atoms with E-state index < -0.39 is 0 Å². The third kappa shape index (κ3) is 4.24. The average molecular weight is 295 g/mol. The van der Waals surface area contributed by atoms with E-state index in [-0.39, 0.29) is 12.4 Å². The quantitative estimate of drug-likeness (QED) is 0.617. The second kappa shape index (κ2) is 6.46. The smallest absolute Gasteiger partial charge is 0.317 e. The van der Waals surface area contributed by atoms with Crippen molar-refractivity contribution in [1.82, 2.24) is 0 Å². The molecule has 0 N–H and O–H groups in total. The van der Waals surface area contributed by atoms with Gasteiger partial charge in [0.25, 0.3) is 0 Å². The largest absolute Gasteiger partial charge is 0.465 e. The van der Waals surface area contributed by atoms with Crippen molar-refractivity contribution >= 4 is 21.9 Å². The zero-order valence-electron chi connectivity index (χ0n) is 10.3. The lowest BCUT2D eigenvalue weighted by atomic mass is 10.0. The van der Waals surface area contributed by atoms with Crippen LogP contribution in [0.5, 0.6) is 0 Å². The molecule has 3 heteroatoms. The molecule has 2 nitrogen and oxygen atoms in total. The predicted molar refractivity (Wildman–Crippen MR) is 71.7 cm³/mol. The second-order valence-corrected chi connectivity index (χ2v) is 4.61. The zero-order valence-corrected chi connectivity index (χ0v) is 11.8. The van der Waals surface area contributed by atoms with Crippen LogP contribution < -0.4 is 0 Å². The summed E-state index contributed by atoms with van der Waals surface area (Å²) >= 11 is 3.44.